The molecule has 5 nitrogen and oxygen atoms in total. The third kappa shape index (κ3) is 5.01. The number of nitrogens with one attached hydrogen (secondary N) is 1. The van der Waals surface area contributed by atoms with Gasteiger partial charge < -0.3 is 10.1 Å². The van der Waals surface area contributed by atoms with E-state index in [9.17, 15) is 31.1 Å². The Morgan fingerprint density at radius 3 is 2.62 bits per heavy atom. The van der Waals surface area contributed by atoms with Crippen molar-refractivity contribution in [1.82, 2.24) is 9.78 Å². The maximum absolute atomic E-state index is 13.3. The first-order valence-electron chi connectivity index (χ1n) is 8.85. The van der Waals surface area contributed by atoms with Gasteiger partial charge in [-0.15, -0.1) is 0 Å². The van der Waals surface area contributed by atoms with Crippen LogP contribution in [0.15, 0.2) is 18.2 Å². The molecule has 0 saturated carbocycles. The van der Waals surface area contributed by atoms with Gasteiger partial charge in [0.2, 0.25) is 5.91 Å². The van der Waals surface area contributed by atoms with Crippen molar-refractivity contribution in [3.05, 3.63) is 41.0 Å². The number of fused-ring (bicyclic) bond motifs is 1. The zero-order chi connectivity index (χ0) is 21.2. The van der Waals surface area contributed by atoms with E-state index in [4.69, 9.17) is 0 Å². The molecule has 1 heterocycles. The molecule has 1 N–H and O–H groups in total. The SMILES string of the molecule is O=C(Cn1nc(C(F)(F)F)c2c1CCCCC2)Nc1ccc(F)cc1OC(F)F. The van der Waals surface area contributed by atoms with Gasteiger partial charge in [0.25, 0.3) is 0 Å². The number of carbonyl (C=O) groups excluding carboxylic acids is 1. The Kier molecular flexibility index (Phi) is 6.04. The monoisotopic (exact) mass is 421 g/mol. The van der Waals surface area contributed by atoms with Crippen molar-refractivity contribution in [2.75, 3.05) is 5.32 Å². The summed E-state index contributed by atoms with van der Waals surface area (Å²) in [4.78, 5) is 12.3. The van der Waals surface area contributed by atoms with E-state index in [1.54, 1.807) is 0 Å². The topological polar surface area (TPSA) is 56.2 Å². The van der Waals surface area contributed by atoms with Crippen LogP contribution < -0.4 is 10.1 Å². The minimum atomic E-state index is -4.65. The summed E-state index contributed by atoms with van der Waals surface area (Å²) < 4.78 is 83.4. The first kappa shape index (κ1) is 21.0. The van der Waals surface area contributed by atoms with Gasteiger partial charge >= 0.3 is 12.8 Å². The highest BCUT2D eigenvalue weighted by atomic mass is 19.4. The van der Waals surface area contributed by atoms with Crippen molar-refractivity contribution >= 4 is 11.6 Å². The quantitative estimate of drug-likeness (QED) is 0.569. The van der Waals surface area contributed by atoms with Gasteiger partial charge in [-0.25, -0.2) is 4.39 Å². The number of carbonyl (C=O) groups is 1. The summed E-state index contributed by atoms with van der Waals surface area (Å²) in [6.07, 6.45) is -2.05. The molecule has 0 spiro atoms. The number of amides is 1. The molecule has 1 aromatic carbocycles. The Morgan fingerprint density at radius 2 is 1.93 bits per heavy atom. The van der Waals surface area contributed by atoms with E-state index in [2.05, 4.69) is 15.2 Å². The Hall–Kier alpha value is -2.72. The molecular formula is C18H17F6N3O2. The largest absolute Gasteiger partial charge is 0.435 e. The highest BCUT2D eigenvalue weighted by Crippen LogP contribution is 2.35. The fraction of sp³-hybridized carbons (Fsp3) is 0.444. The Bertz CT molecular complexity index is 894. The second kappa shape index (κ2) is 8.34. The second-order valence-electron chi connectivity index (χ2n) is 6.56. The summed E-state index contributed by atoms with van der Waals surface area (Å²) >= 11 is 0. The zero-order valence-electron chi connectivity index (χ0n) is 15.0. The van der Waals surface area contributed by atoms with Crippen molar-refractivity contribution in [3.8, 4) is 5.75 Å². The van der Waals surface area contributed by atoms with Gasteiger partial charge in [0.1, 0.15) is 12.4 Å². The fourth-order valence-electron chi connectivity index (χ4n) is 3.32. The van der Waals surface area contributed by atoms with Crippen LogP contribution >= 0.6 is 0 Å². The molecule has 0 unspecified atom stereocenters. The predicted octanol–water partition coefficient (Wildman–Crippen LogP) is 4.55. The predicted molar refractivity (Wildman–Crippen MR) is 90.1 cm³/mol. The second-order valence-corrected chi connectivity index (χ2v) is 6.56. The molecule has 0 saturated heterocycles. The molecule has 11 heteroatoms. The van der Waals surface area contributed by atoms with E-state index < -0.39 is 42.5 Å². The third-order valence-electron chi connectivity index (χ3n) is 4.50. The Labute approximate surface area is 161 Å². The lowest BCUT2D eigenvalue weighted by molar-refractivity contribution is -0.142. The summed E-state index contributed by atoms with van der Waals surface area (Å²) in [5.41, 5.74) is -0.809. The molecule has 29 heavy (non-hydrogen) atoms. The Balaban J connectivity index is 1.84. The summed E-state index contributed by atoms with van der Waals surface area (Å²) in [6, 6.07) is 2.62. The van der Waals surface area contributed by atoms with E-state index in [0.29, 0.717) is 31.0 Å². The van der Waals surface area contributed by atoms with Gasteiger partial charge in [0, 0.05) is 17.3 Å². The van der Waals surface area contributed by atoms with Crippen LogP contribution in [0.5, 0.6) is 5.75 Å². The first-order valence-corrected chi connectivity index (χ1v) is 8.85. The summed E-state index contributed by atoms with van der Waals surface area (Å²) in [5, 5.41) is 5.85. The maximum atomic E-state index is 13.3. The number of halogens is 6. The molecule has 0 radical (unpaired) electrons. The van der Waals surface area contributed by atoms with Crippen LogP contribution in [0.2, 0.25) is 0 Å². The number of rotatable bonds is 5. The average Bonchev–Trinajstić information content (AvgIpc) is 2.79. The summed E-state index contributed by atoms with van der Waals surface area (Å²) in [6.45, 7) is -3.80. The van der Waals surface area contributed by atoms with Crippen molar-refractivity contribution < 1.29 is 35.9 Å². The number of hydrogen-bond acceptors (Lipinski definition) is 3. The van der Waals surface area contributed by atoms with Crippen LogP contribution in [0.1, 0.15) is 36.2 Å². The van der Waals surface area contributed by atoms with Gasteiger partial charge in [-0.2, -0.15) is 27.1 Å². The van der Waals surface area contributed by atoms with E-state index in [0.717, 1.165) is 23.2 Å². The van der Waals surface area contributed by atoms with Gasteiger partial charge in [-0.3, -0.25) is 9.48 Å². The number of ether oxygens (including phenoxy) is 1. The van der Waals surface area contributed by atoms with Gasteiger partial charge in [-0.05, 0) is 37.8 Å². The smallest absolute Gasteiger partial charge is 0.432 e. The minimum Gasteiger partial charge on any atom is -0.432 e. The lowest BCUT2D eigenvalue weighted by Gasteiger charge is -2.13. The standard InChI is InChI=1S/C18H17F6N3O2/c19-10-6-7-12(14(8-10)29-17(20)21)25-15(28)9-27-13-5-3-1-2-4-11(13)16(26-27)18(22,23)24/h6-8,17H,1-5,9H2,(H,25,28). The van der Waals surface area contributed by atoms with Crippen molar-refractivity contribution in [3.63, 3.8) is 0 Å². The zero-order valence-corrected chi connectivity index (χ0v) is 15.0. The summed E-state index contributed by atoms with van der Waals surface area (Å²) in [5.74, 6) is -2.26. The lowest BCUT2D eigenvalue weighted by atomic mass is 10.1. The molecule has 1 aliphatic carbocycles. The van der Waals surface area contributed by atoms with E-state index in [1.807, 2.05) is 0 Å². The number of benzene rings is 1. The molecule has 0 atom stereocenters. The Morgan fingerprint density at radius 1 is 1.21 bits per heavy atom. The molecule has 1 amide bonds. The molecule has 158 valence electrons. The third-order valence-corrected chi connectivity index (χ3v) is 4.50. The molecule has 2 aromatic rings. The number of anilines is 1. The van der Waals surface area contributed by atoms with E-state index in [1.165, 1.54) is 0 Å². The van der Waals surface area contributed by atoms with Crippen molar-refractivity contribution in [1.29, 1.82) is 0 Å². The average molecular weight is 421 g/mol. The molecular weight excluding hydrogens is 404 g/mol. The van der Waals surface area contributed by atoms with Gasteiger partial charge in [0.05, 0.1) is 5.69 Å². The van der Waals surface area contributed by atoms with Crippen molar-refractivity contribution in [2.45, 2.75) is 51.4 Å². The van der Waals surface area contributed by atoms with Crippen LogP contribution in [-0.2, 0) is 30.4 Å². The van der Waals surface area contributed by atoms with Crippen LogP contribution in [0, 0.1) is 5.82 Å². The molecule has 1 aromatic heterocycles. The van der Waals surface area contributed by atoms with E-state index >= 15 is 0 Å². The van der Waals surface area contributed by atoms with E-state index in [-0.39, 0.29) is 17.7 Å². The number of nitrogens with zero attached hydrogens (tertiary/aromatic N) is 2. The van der Waals surface area contributed by atoms with Gasteiger partial charge in [0.15, 0.2) is 11.4 Å². The highest BCUT2D eigenvalue weighted by Gasteiger charge is 2.39. The number of hydrogen-bond donors (Lipinski definition) is 1. The molecule has 1 aliphatic rings. The van der Waals surface area contributed by atoms with Gasteiger partial charge in [-0.1, -0.05) is 6.42 Å². The van der Waals surface area contributed by atoms with Crippen molar-refractivity contribution in [2.24, 2.45) is 0 Å². The fourth-order valence-corrected chi connectivity index (χ4v) is 3.32. The van der Waals surface area contributed by atoms with Crippen LogP contribution in [0.25, 0.3) is 0 Å². The molecule has 0 fully saturated rings. The highest BCUT2D eigenvalue weighted by molar-refractivity contribution is 5.92. The summed E-state index contributed by atoms with van der Waals surface area (Å²) in [7, 11) is 0. The van der Waals surface area contributed by atoms with Crippen LogP contribution in [0.4, 0.5) is 32.0 Å². The lowest BCUT2D eigenvalue weighted by Crippen LogP contribution is -2.22. The molecule has 0 aliphatic heterocycles. The minimum absolute atomic E-state index is 0.0892. The molecule has 0 bridgehead atoms. The normalized spacial score (nSPS) is 14.4. The number of alkyl halides is 5. The maximum Gasteiger partial charge on any atom is 0.435 e. The first-order chi connectivity index (χ1) is 13.6. The molecule has 3 rings (SSSR count). The number of aromatic nitrogens is 2. The van der Waals surface area contributed by atoms with Crippen LogP contribution in [-0.4, -0.2) is 22.3 Å². The van der Waals surface area contributed by atoms with Crippen LogP contribution in [0.3, 0.4) is 0 Å².